The Morgan fingerprint density at radius 2 is 0.562 bits per heavy atom. The molecule has 4 aromatic rings. The van der Waals surface area contributed by atoms with Crippen LogP contribution in [0.1, 0.15) is 374 Å². The summed E-state index contributed by atoms with van der Waals surface area (Å²) in [6.45, 7) is 10.5. The molecule has 0 saturated heterocycles. The van der Waals surface area contributed by atoms with Gasteiger partial charge in [0.25, 0.3) is 0 Å². The Hall–Kier alpha value is -9.46. The minimum Gasteiger partial charge on any atom is -0.480 e. The van der Waals surface area contributed by atoms with Crippen LogP contribution < -0.4 is 21.3 Å². The topological polar surface area (TPSA) is 388 Å². The fraction of sp³-hybridized carbons (Fsp3) is 0.676. The lowest BCUT2D eigenvalue weighted by atomic mass is 9.86. The Morgan fingerprint density at radius 1 is 0.307 bits per heavy atom. The van der Waals surface area contributed by atoms with Crippen molar-refractivity contribution in [2.45, 2.75) is 406 Å². The summed E-state index contributed by atoms with van der Waals surface area (Å²) >= 11 is 0. The molecule has 0 aliphatic heterocycles. The zero-order valence-corrected chi connectivity index (χ0v) is 81.4. The first-order valence-electron chi connectivity index (χ1n) is 50.5. The summed E-state index contributed by atoms with van der Waals surface area (Å²) in [7, 11) is 0. The number of hydrogen-bond acceptors (Lipinski definition) is 15. The fourth-order valence-corrected chi connectivity index (χ4v) is 18.7. The second-order valence-corrected chi connectivity index (χ2v) is 37.8. The van der Waals surface area contributed by atoms with Crippen molar-refractivity contribution in [3.63, 3.8) is 0 Å². The molecule has 4 aromatic carbocycles. The van der Waals surface area contributed by atoms with Crippen LogP contribution in [-0.2, 0) is 104 Å². The predicted octanol–water partition coefficient (Wildman–Crippen LogP) is 23.4. The van der Waals surface area contributed by atoms with Crippen LogP contribution in [0.15, 0.2) is 48.5 Å². The van der Waals surface area contributed by atoms with E-state index in [4.69, 9.17) is 14.2 Å². The van der Waals surface area contributed by atoms with Crippen LogP contribution in [0.2, 0.25) is 0 Å². The molecule has 8 rings (SSSR count). The van der Waals surface area contributed by atoms with Crippen LogP contribution in [-0.4, -0.2) is 146 Å². The number of unbranched alkanes of at least 4 members (excludes halogenated alkanes) is 28. The number of halogens is 8. The molecule has 5 atom stereocenters. The Bertz CT molecular complexity index is 4340. The largest absolute Gasteiger partial charge is 0.480 e. The number of aryl methyl sites for hydroxylation is 6. The summed E-state index contributed by atoms with van der Waals surface area (Å²) in [5, 5.41) is 76.2. The Morgan fingerprint density at radius 3 is 0.861 bits per heavy atom. The molecule has 770 valence electrons. The van der Waals surface area contributed by atoms with Gasteiger partial charge in [-0.15, -0.1) is 0 Å². The first-order valence-corrected chi connectivity index (χ1v) is 50.5. The molecule has 11 N–H and O–H groups in total. The smallest absolute Gasteiger partial charge is 0.407 e. The average Bonchev–Trinajstić information content (AvgIpc) is 1.70. The second-order valence-electron chi connectivity index (χ2n) is 37.8. The lowest BCUT2D eigenvalue weighted by Crippen LogP contribution is -2.41. The molecule has 5 unspecified atom stereocenters. The van der Waals surface area contributed by atoms with Crippen LogP contribution >= 0.6 is 0 Å². The van der Waals surface area contributed by atoms with Crippen molar-refractivity contribution in [2.24, 2.45) is 21.7 Å². The number of benzene rings is 4. The van der Waals surface area contributed by atoms with Crippen LogP contribution in [0.3, 0.4) is 0 Å². The average molecular weight is 1940 g/mol. The van der Waals surface area contributed by atoms with E-state index in [1.54, 1.807) is 31.2 Å². The lowest BCUT2D eigenvalue weighted by Gasteiger charge is -2.22. The van der Waals surface area contributed by atoms with E-state index >= 15 is 0 Å². The molecular weight excluding hydrogens is 1790 g/mol. The minimum atomic E-state index is -1.90. The molecular formula is C105H154F8N4O20. The van der Waals surface area contributed by atoms with E-state index in [2.05, 4.69) is 49.0 Å². The summed E-state index contributed by atoms with van der Waals surface area (Å²) in [5.41, 5.74) is -4.70. The highest BCUT2D eigenvalue weighted by Gasteiger charge is 2.56. The van der Waals surface area contributed by atoms with Gasteiger partial charge >= 0.3 is 59.9 Å². The predicted molar refractivity (Wildman–Crippen MR) is 505 cm³/mol. The highest BCUT2D eigenvalue weighted by atomic mass is 19.2. The van der Waals surface area contributed by atoms with Crippen LogP contribution in [0.4, 0.5) is 44.7 Å². The van der Waals surface area contributed by atoms with Crippen LogP contribution in [0, 0.1) is 68.2 Å². The zero-order chi connectivity index (χ0) is 101. The van der Waals surface area contributed by atoms with Gasteiger partial charge in [0, 0.05) is 41.8 Å². The zero-order valence-electron chi connectivity index (χ0n) is 81.4. The maximum Gasteiger partial charge on any atom is 0.407 e. The maximum absolute atomic E-state index is 14.5. The summed E-state index contributed by atoms with van der Waals surface area (Å²) in [6.07, 6.45) is 39.7. The van der Waals surface area contributed by atoms with Crippen molar-refractivity contribution in [1.82, 2.24) is 21.3 Å². The molecule has 4 aliphatic rings. The van der Waals surface area contributed by atoms with Gasteiger partial charge in [-0.2, -0.15) is 0 Å². The number of hydrogen-bond donors (Lipinski definition) is 11. The standard InChI is InChI=1S/C29H43F2NO6.C27H39F2NO6.C25H37F2NO4.C24H35F2NO4/c1-3-5-6-7-8-9-10-11-13-21-15-16-22(25(31)24(21)30)14-12-19-38-28(36)32-23-17-18-29(20-23,26(33)34)27(35)37-4-2;1-2-3-4-5-6-7-8-9-11-19-13-14-20(23(29)22(19)28)12-10-17-36-26(35)30-21-15-16-27(18-21,24(31)32)25(33)34;1-2-3-4-5-6-7-8-9-10-18-15-21(26)20(22(27)16-18)12-14-28-19-11-13-25(17-19,23(29)30)24(31)32;1-2-3-4-5-6-7-8-9-10-17-13-20(25)19(21(26)14-17)16-27-18-11-12-24(15-18,22(28)29)23(30)31/h15-16,23H,3-14,17-20H2,1-2H3,(H,32,36)(H,33,34);13-14,21H,2-12,15-18H2,1H3,(H,30,35)(H,31,32)(H,33,34);15-16,19,28H,2-14,17H2,1H3,(H,29,30)(H,31,32);13-14,18,27H,2-12,15-16H2,1H3,(H,28,29)(H,30,31). The van der Waals surface area contributed by atoms with Gasteiger partial charge in [0.15, 0.2) is 44.9 Å². The molecule has 4 saturated carbocycles. The number of carboxylic acids is 7. The molecule has 0 spiro atoms. The number of amides is 2. The van der Waals surface area contributed by atoms with Crippen molar-refractivity contribution in [1.29, 1.82) is 0 Å². The number of nitrogens with one attached hydrogen (secondary N) is 4. The lowest BCUT2D eigenvalue weighted by molar-refractivity contribution is -0.169. The Kier molecular flexibility index (Phi) is 54.5. The van der Waals surface area contributed by atoms with Gasteiger partial charge in [0.1, 0.15) is 23.3 Å². The van der Waals surface area contributed by atoms with E-state index in [0.29, 0.717) is 73.6 Å². The normalized spacial score (nSPS) is 17.7. The van der Waals surface area contributed by atoms with Crippen LogP contribution in [0.5, 0.6) is 0 Å². The summed E-state index contributed by atoms with van der Waals surface area (Å²) < 4.78 is 131. The van der Waals surface area contributed by atoms with E-state index < -0.39 is 146 Å². The van der Waals surface area contributed by atoms with Crippen molar-refractivity contribution in [3.8, 4) is 0 Å². The minimum absolute atomic E-state index is 0.00214. The molecule has 0 heterocycles. The molecule has 0 radical (unpaired) electrons. The Labute approximate surface area is 803 Å². The molecule has 4 aliphatic carbocycles. The molecule has 4 fully saturated rings. The molecule has 0 aromatic heterocycles. The summed E-state index contributed by atoms with van der Waals surface area (Å²) in [4.78, 5) is 116. The van der Waals surface area contributed by atoms with E-state index in [0.717, 1.165) is 77.0 Å². The summed E-state index contributed by atoms with van der Waals surface area (Å²) in [5.74, 6) is -16.0. The van der Waals surface area contributed by atoms with Gasteiger partial charge < -0.3 is 71.2 Å². The van der Waals surface area contributed by atoms with Gasteiger partial charge in [-0.1, -0.05) is 232 Å². The van der Waals surface area contributed by atoms with Gasteiger partial charge in [-0.05, 0) is 232 Å². The number of aliphatic carboxylic acids is 7. The van der Waals surface area contributed by atoms with Crippen LogP contribution in [0.25, 0.3) is 0 Å². The van der Waals surface area contributed by atoms with Crippen molar-refractivity contribution in [3.05, 3.63) is 140 Å². The maximum atomic E-state index is 14.5. The SMILES string of the molecule is CCCCCCCCCCc1cc(F)c(CCNC2CCC(C(=O)O)(C(=O)O)C2)c(F)c1.CCCCCCCCCCc1cc(F)c(CNC2CCC(C(=O)O)(C(=O)O)C2)c(F)c1.CCCCCCCCCCc1ccc(CCCOC(=O)NC2CCC(C(=O)O)(C(=O)O)C2)c(F)c1F.CCCCCCCCCCc1ccc(CCCOC(=O)NC2CCC(C(=O)O)(C(=O)OCC)C2)c(F)c1F. The van der Waals surface area contributed by atoms with Gasteiger partial charge in [0.2, 0.25) is 0 Å². The van der Waals surface area contributed by atoms with Gasteiger partial charge in [0.05, 0.1) is 19.8 Å². The molecule has 24 nitrogen and oxygen atoms in total. The number of carbonyl (C=O) groups is 10. The second kappa shape index (κ2) is 63.3. The van der Waals surface area contributed by atoms with E-state index in [1.807, 2.05) is 0 Å². The van der Waals surface area contributed by atoms with Crippen molar-refractivity contribution < 1.29 is 133 Å². The van der Waals surface area contributed by atoms with E-state index in [9.17, 15) is 119 Å². The third-order valence-electron chi connectivity index (χ3n) is 27.4. The monoisotopic (exact) mass is 1940 g/mol. The third-order valence-corrected chi connectivity index (χ3v) is 27.4. The van der Waals surface area contributed by atoms with Crippen molar-refractivity contribution >= 4 is 59.9 Å². The third kappa shape index (κ3) is 38.9. The molecule has 137 heavy (non-hydrogen) atoms. The number of esters is 1. The molecule has 2 amide bonds. The Balaban J connectivity index is 0.000000323. The fourth-order valence-electron chi connectivity index (χ4n) is 18.7. The quantitative estimate of drug-likeness (QED) is 0.00643. The first kappa shape index (κ1) is 118. The number of alkyl carbamates (subject to hydrolysis) is 2. The molecule has 0 bridgehead atoms. The molecule has 32 heteroatoms. The number of rotatable bonds is 62. The highest BCUT2D eigenvalue weighted by Crippen LogP contribution is 2.44. The summed E-state index contributed by atoms with van der Waals surface area (Å²) in [6, 6.07) is 10.1. The highest BCUT2D eigenvalue weighted by molar-refractivity contribution is 6.01. The van der Waals surface area contributed by atoms with E-state index in [-0.39, 0.29) is 145 Å². The van der Waals surface area contributed by atoms with E-state index in [1.165, 1.54) is 153 Å². The number of ether oxygens (including phenoxy) is 3. The first-order chi connectivity index (χ1) is 65.5. The van der Waals surface area contributed by atoms with Crippen molar-refractivity contribution in [2.75, 3.05) is 26.4 Å². The number of carbonyl (C=O) groups excluding carboxylic acids is 3. The van der Waals surface area contributed by atoms with Gasteiger partial charge in [-0.25, -0.2) is 44.7 Å². The number of carboxylic acid groups (broad SMARTS) is 7. The van der Waals surface area contributed by atoms with Gasteiger partial charge in [-0.3, -0.25) is 38.4 Å².